The molecule has 0 spiro atoms. The Morgan fingerprint density at radius 3 is 2.72 bits per heavy atom. The maximum Gasteiger partial charge on any atom is 0.265 e. The Labute approximate surface area is 214 Å². The van der Waals surface area contributed by atoms with E-state index >= 15 is 0 Å². The van der Waals surface area contributed by atoms with E-state index in [1.165, 1.54) is 12.1 Å². The number of thiophene rings is 1. The van der Waals surface area contributed by atoms with Crippen LogP contribution in [0.4, 0.5) is 4.39 Å². The van der Waals surface area contributed by atoms with E-state index in [1.807, 2.05) is 6.07 Å². The molecule has 1 amide bonds. The van der Waals surface area contributed by atoms with Crippen LogP contribution in [-0.2, 0) is 11.3 Å². The highest BCUT2D eigenvalue weighted by molar-refractivity contribution is 7.21. The van der Waals surface area contributed by atoms with Crippen molar-refractivity contribution < 1.29 is 23.4 Å². The van der Waals surface area contributed by atoms with Crippen LogP contribution in [0, 0.1) is 5.82 Å². The molecule has 2 aliphatic heterocycles. The number of aromatic nitrogens is 1. The number of rotatable bonds is 5. The quantitative estimate of drug-likeness (QED) is 0.388. The van der Waals surface area contributed by atoms with Crippen molar-refractivity contribution in [2.75, 3.05) is 26.4 Å². The van der Waals surface area contributed by atoms with Crippen LogP contribution in [0.2, 0.25) is 5.02 Å². The fourth-order valence-electron chi connectivity index (χ4n) is 4.68. The SMILES string of the molecule is O=C(c1sc2cc(F)ccc2c1Cl)N(Cc1cc2cc3c(cc2[nH]c1=O)OCCO3)C[C@H]1CCCO1. The van der Waals surface area contributed by atoms with Gasteiger partial charge in [-0.05, 0) is 43.2 Å². The van der Waals surface area contributed by atoms with Crippen molar-refractivity contribution in [2.24, 2.45) is 0 Å². The summed E-state index contributed by atoms with van der Waals surface area (Å²) in [4.78, 5) is 31.6. The smallest absolute Gasteiger partial charge is 0.265 e. The standard InChI is InChI=1S/C26H22ClFN2O5S/c27-23-18-4-3-16(28)10-22(18)36-24(23)26(32)30(13-17-2-1-5-33-17)12-15-8-14-9-20-21(35-7-6-34-20)11-19(14)29-25(15)31/h3-4,8-11,17H,1-2,5-7,12-13H2,(H,29,31)/t17-/m1/s1. The van der Waals surface area contributed by atoms with Crippen LogP contribution in [0.1, 0.15) is 28.1 Å². The Hall–Kier alpha value is -3.14. The first-order valence-corrected chi connectivity index (χ1v) is 12.9. The highest BCUT2D eigenvalue weighted by atomic mass is 35.5. The molecule has 10 heteroatoms. The predicted octanol–water partition coefficient (Wildman–Crippen LogP) is 5.13. The van der Waals surface area contributed by atoms with E-state index in [1.54, 1.807) is 23.1 Å². The minimum atomic E-state index is -0.394. The van der Waals surface area contributed by atoms with Crippen LogP contribution in [0.3, 0.4) is 0 Å². The molecule has 1 saturated heterocycles. The summed E-state index contributed by atoms with van der Waals surface area (Å²) < 4.78 is 31.4. The number of pyridine rings is 1. The number of carbonyl (C=O) groups excluding carboxylic acids is 1. The number of ether oxygens (including phenoxy) is 3. The Morgan fingerprint density at radius 2 is 1.94 bits per heavy atom. The molecule has 0 unspecified atom stereocenters. The van der Waals surface area contributed by atoms with Gasteiger partial charge in [0.15, 0.2) is 11.5 Å². The summed E-state index contributed by atoms with van der Waals surface area (Å²) in [5.74, 6) is 0.486. The van der Waals surface area contributed by atoms with Crippen molar-refractivity contribution in [2.45, 2.75) is 25.5 Å². The lowest BCUT2D eigenvalue weighted by Gasteiger charge is -2.25. The van der Waals surface area contributed by atoms with Gasteiger partial charge in [-0.1, -0.05) is 11.6 Å². The summed E-state index contributed by atoms with van der Waals surface area (Å²) >= 11 is 7.71. The first kappa shape index (κ1) is 23.3. The second-order valence-corrected chi connectivity index (χ2v) is 10.3. The second kappa shape index (κ2) is 9.38. The van der Waals surface area contributed by atoms with Crippen LogP contribution < -0.4 is 15.0 Å². The van der Waals surface area contributed by atoms with E-state index in [0.717, 1.165) is 29.6 Å². The minimum absolute atomic E-state index is 0.0668. The molecule has 2 aliphatic rings. The normalized spacial score (nSPS) is 17.1. The summed E-state index contributed by atoms with van der Waals surface area (Å²) in [6.45, 7) is 1.93. The zero-order valence-electron chi connectivity index (χ0n) is 19.1. The second-order valence-electron chi connectivity index (χ2n) is 8.91. The zero-order valence-corrected chi connectivity index (χ0v) is 20.7. The lowest BCUT2D eigenvalue weighted by atomic mass is 10.1. The molecule has 0 aliphatic carbocycles. The van der Waals surface area contributed by atoms with E-state index in [9.17, 15) is 14.0 Å². The number of hydrogen-bond acceptors (Lipinski definition) is 6. The number of carbonyl (C=O) groups is 1. The van der Waals surface area contributed by atoms with Gasteiger partial charge in [0.2, 0.25) is 0 Å². The maximum absolute atomic E-state index is 13.8. The average Bonchev–Trinajstić information content (AvgIpc) is 3.50. The van der Waals surface area contributed by atoms with Gasteiger partial charge in [0.25, 0.3) is 11.5 Å². The number of hydrogen-bond donors (Lipinski definition) is 1. The van der Waals surface area contributed by atoms with Crippen molar-refractivity contribution in [1.82, 2.24) is 9.88 Å². The number of amides is 1. The van der Waals surface area contributed by atoms with Crippen molar-refractivity contribution >= 4 is 49.8 Å². The summed E-state index contributed by atoms with van der Waals surface area (Å²) in [6.07, 6.45) is 1.61. The third-order valence-corrected chi connectivity index (χ3v) is 8.11. The number of aromatic amines is 1. The Bertz CT molecular complexity index is 1550. The molecule has 1 fully saturated rings. The Kier molecular flexibility index (Phi) is 6.07. The monoisotopic (exact) mass is 528 g/mol. The van der Waals surface area contributed by atoms with Crippen LogP contribution in [0.15, 0.2) is 41.2 Å². The van der Waals surface area contributed by atoms with Crippen molar-refractivity contribution in [1.29, 1.82) is 0 Å². The molecule has 1 N–H and O–H groups in total. The molecule has 4 aromatic rings. The Balaban J connectivity index is 1.37. The first-order chi connectivity index (χ1) is 17.5. The van der Waals surface area contributed by atoms with Gasteiger partial charge in [-0.3, -0.25) is 9.59 Å². The number of nitrogens with one attached hydrogen (secondary N) is 1. The maximum atomic E-state index is 13.8. The molecule has 2 aromatic carbocycles. The molecule has 1 atom stereocenters. The van der Waals surface area contributed by atoms with Crippen LogP contribution in [0.25, 0.3) is 21.0 Å². The molecule has 186 valence electrons. The fraction of sp³-hybridized carbons (Fsp3) is 0.308. The third kappa shape index (κ3) is 4.31. The number of nitrogens with zero attached hydrogens (tertiary/aromatic N) is 1. The summed E-state index contributed by atoms with van der Waals surface area (Å²) in [7, 11) is 0. The van der Waals surface area contributed by atoms with Gasteiger partial charge in [-0.25, -0.2) is 4.39 Å². The molecule has 2 aromatic heterocycles. The van der Waals surface area contributed by atoms with E-state index in [4.69, 9.17) is 25.8 Å². The fourth-order valence-corrected chi connectivity index (χ4v) is 6.19. The van der Waals surface area contributed by atoms with Gasteiger partial charge >= 0.3 is 0 Å². The summed E-state index contributed by atoms with van der Waals surface area (Å²) in [5.41, 5.74) is 0.752. The average molecular weight is 529 g/mol. The topological polar surface area (TPSA) is 80.9 Å². The van der Waals surface area contributed by atoms with Gasteiger partial charge in [0.05, 0.1) is 23.2 Å². The largest absolute Gasteiger partial charge is 0.486 e. The molecule has 36 heavy (non-hydrogen) atoms. The molecular weight excluding hydrogens is 507 g/mol. The number of H-pyrrole nitrogens is 1. The molecular formula is C26H22ClFN2O5S. The molecule has 7 nitrogen and oxygen atoms in total. The third-order valence-electron chi connectivity index (χ3n) is 6.47. The van der Waals surface area contributed by atoms with Crippen LogP contribution >= 0.6 is 22.9 Å². The molecule has 6 rings (SSSR count). The van der Waals surface area contributed by atoms with Gasteiger partial charge in [-0.2, -0.15) is 0 Å². The number of halogens is 2. The van der Waals surface area contributed by atoms with Gasteiger partial charge in [-0.15, -0.1) is 11.3 Å². The Morgan fingerprint density at radius 1 is 1.14 bits per heavy atom. The van der Waals surface area contributed by atoms with Gasteiger partial charge < -0.3 is 24.1 Å². The van der Waals surface area contributed by atoms with E-state index in [0.29, 0.717) is 63.9 Å². The molecule has 0 radical (unpaired) electrons. The summed E-state index contributed by atoms with van der Waals surface area (Å²) in [5, 5.41) is 1.68. The van der Waals surface area contributed by atoms with Crippen molar-refractivity contribution in [3.8, 4) is 11.5 Å². The van der Waals surface area contributed by atoms with Crippen molar-refractivity contribution in [3.05, 3.63) is 68.0 Å². The van der Waals surface area contributed by atoms with Crippen molar-refractivity contribution in [3.63, 3.8) is 0 Å². The predicted molar refractivity (Wildman–Crippen MR) is 136 cm³/mol. The van der Waals surface area contributed by atoms with Crippen LogP contribution in [0.5, 0.6) is 11.5 Å². The lowest BCUT2D eigenvalue weighted by Crippen LogP contribution is -2.38. The highest BCUT2D eigenvalue weighted by Crippen LogP contribution is 2.37. The highest BCUT2D eigenvalue weighted by Gasteiger charge is 2.28. The van der Waals surface area contributed by atoms with Crippen LogP contribution in [-0.4, -0.2) is 48.3 Å². The van der Waals surface area contributed by atoms with E-state index < -0.39 is 5.82 Å². The minimum Gasteiger partial charge on any atom is -0.486 e. The molecule has 0 bridgehead atoms. The summed E-state index contributed by atoms with van der Waals surface area (Å²) in [6, 6.07) is 9.61. The molecule has 0 saturated carbocycles. The number of benzene rings is 2. The van der Waals surface area contributed by atoms with Gasteiger partial charge in [0.1, 0.15) is 23.9 Å². The first-order valence-electron chi connectivity index (χ1n) is 11.7. The number of fused-ring (bicyclic) bond motifs is 3. The van der Waals surface area contributed by atoms with E-state index in [-0.39, 0.29) is 29.1 Å². The van der Waals surface area contributed by atoms with Gasteiger partial charge in [0, 0.05) is 40.3 Å². The van der Waals surface area contributed by atoms with E-state index in [2.05, 4.69) is 4.98 Å². The molecule has 4 heterocycles. The zero-order chi connectivity index (χ0) is 24.8. The lowest BCUT2D eigenvalue weighted by molar-refractivity contribution is 0.0510.